The minimum atomic E-state index is -0.340. The fraction of sp³-hybridized carbons (Fsp3) is 0.455. The molecule has 31 heavy (non-hydrogen) atoms. The molecule has 0 radical (unpaired) electrons. The van der Waals surface area contributed by atoms with Gasteiger partial charge < -0.3 is 19.7 Å². The number of halogens is 2. The zero-order valence-corrected chi connectivity index (χ0v) is 20.0. The van der Waals surface area contributed by atoms with Gasteiger partial charge in [-0.2, -0.15) is 0 Å². The second kappa shape index (κ2) is 11.6. The summed E-state index contributed by atoms with van der Waals surface area (Å²) in [6, 6.07) is 10.4. The highest BCUT2D eigenvalue weighted by molar-refractivity contribution is 14.0. The maximum absolute atomic E-state index is 13.5. The fourth-order valence-corrected chi connectivity index (χ4v) is 3.97. The topological polar surface area (TPSA) is 62.2 Å². The number of nitrogens with one attached hydrogen (secondary N) is 1. The van der Waals surface area contributed by atoms with Crippen molar-refractivity contribution in [3.8, 4) is 11.6 Å². The number of rotatable bonds is 5. The smallest absolute Gasteiger partial charge is 0.224 e. The number of ether oxygens (including phenoxy) is 2. The van der Waals surface area contributed by atoms with Gasteiger partial charge in [0.2, 0.25) is 5.88 Å². The molecule has 7 nitrogen and oxygen atoms in total. The molecule has 0 aliphatic carbocycles. The molecular formula is C22H29FIN5O2. The number of morpholine rings is 1. The van der Waals surface area contributed by atoms with Crippen LogP contribution in [0.3, 0.4) is 0 Å². The summed E-state index contributed by atoms with van der Waals surface area (Å²) in [4.78, 5) is 13.6. The van der Waals surface area contributed by atoms with Gasteiger partial charge in [0.1, 0.15) is 11.6 Å². The second-order valence-corrected chi connectivity index (χ2v) is 7.46. The molecule has 0 amide bonds. The van der Waals surface area contributed by atoms with Crippen molar-refractivity contribution in [2.45, 2.75) is 19.0 Å². The first-order valence-electron chi connectivity index (χ1n) is 10.4. The summed E-state index contributed by atoms with van der Waals surface area (Å²) in [6.45, 7) is 6.09. The van der Waals surface area contributed by atoms with Crippen LogP contribution in [-0.2, 0) is 11.3 Å². The lowest BCUT2D eigenvalue weighted by atomic mass is 10.2. The molecule has 0 bridgehead atoms. The summed E-state index contributed by atoms with van der Waals surface area (Å²) in [5, 5.41) is 3.43. The summed E-state index contributed by atoms with van der Waals surface area (Å²) in [5.41, 5.74) is 0.881. The van der Waals surface area contributed by atoms with E-state index in [4.69, 9.17) is 9.47 Å². The summed E-state index contributed by atoms with van der Waals surface area (Å²) >= 11 is 0. The zero-order chi connectivity index (χ0) is 20.8. The average molecular weight is 541 g/mol. The number of aromatic nitrogens is 1. The Bertz CT molecular complexity index is 878. The SMILES string of the molecule is CN=C(NCc1cccnc1Oc1cccc(F)c1)N1CCC(N2CCOCC2)C1.I. The number of hydrogen-bond acceptors (Lipinski definition) is 5. The van der Waals surface area contributed by atoms with E-state index in [0.29, 0.717) is 24.2 Å². The van der Waals surface area contributed by atoms with Crippen molar-refractivity contribution in [1.82, 2.24) is 20.1 Å². The number of nitrogens with zero attached hydrogens (tertiary/aromatic N) is 4. The quantitative estimate of drug-likeness (QED) is 0.357. The molecule has 4 rings (SSSR count). The average Bonchev–Trinajstić information content (AvgIpc) is 3.26. The summed E-state index contributed by atoms with van der Waals surface area (Å²) < 4.78 is 24.8. The zero-order valence-electron chi connectivity index (χ0n) is 17.7. The van der Waals surface area contributed by atoms with Crippen LogP contribution in [0.4, 0.5) is 4.39 Å². The third-order valence-corrected chi connectivity index (χ3v) is 5.53. The Labute approximate surface area is 199 Å². The number of aliphatic imine (C=N–C) groups is 1. The van der Waals surface area contributed by atoms with Gasteiger partial charge in [0.05, 0.1) is 13.2 Å². The second-order valence-electron chi connectivity index (χ2n) is 7.46. The predicted molar refractivity (Wildman–Crippen MR) is 129 cm³/mol. The molecule has 0 spiro atoms. The normalized spacial score (nSPS) is 19.7. The van der Waals surface area contributed by atoms with Crippen LogP contribution in [0.2, 0.25) is 0 Å². The third kappa shape index (κ3) is 6.27. The first-order valence-corrected chi connectivity index (χ1v) is 10.4. The molecule has 2 fully saturated rings. The van der Waals surface area contributed by atoms with Gasteiger partial charge in [0, 0.05) is 63.6 Å². The lowest BCUT2D eigenvalue weighted by molar-refractivity contribution is 0.0195. The number of likely N-dealkylation sites (tertiary alicyclic amines) is 1. The maximum atomic E-state index is 13.5. The first kappa shape index (κ1) is 23.7. The van der Waals surface area contributed by atoms with Gasteiger partial charge in [0.25, 0.3) is 0 Å². The molecular weight excluding hydrogens is 512 g/mol. The van der Waals surface area contributed by atoms with Crippen LogP contribution in [0.1, 0.15) is 12.0 Å². The van der Waals surface area contributed by atoms with Crippen molar-refractivity contribution in [1.29, 1.82) is 0 Å². The maximum Gasteiger partial charge on any atom is 0.224 e. The molecule has 1 N–H and O–H groups in total. The molecule has 1 aromatic carbocycles. The number of benzene rings is 1. The van der Waals surface area contributed by atoms with Crippen LogP contribution in [0.5, 0.6) is 11.6 Å². The van der Waals surface area contributed by atoms with Crippen LogP contribution in [-0.4, -0.2) is 73.2 Å². The van der Waals surface area contributed by atoms with Crippen LogP contribution < -0.4 is 10.1 Å². The van der Waals surface area contributed by atoms with Gasteiger partial charge >= 0.3 is 0 Å². The van der Waals surface area contributed by atoms with Crippen LogP contribution in [0.25, 0.3) is 0 Å². The molecule has 2 saturated heterocycles. The lowest BCUT2D eigenvalue weighted by Gasteiger charge is -2.32. The molecule has 0 saturated carbocycles. The number of pyridine rings is 1. The van der Waals surface area contributed by atoms with E-state index in [2.05, 4.69) is 25.1 Å². The Morgan fingerprint density at radius 1 is 1.26 bits per heavy atom. The van der Waals surface area contributed by atoms with Crippen molar-refractivity contribution in [3.05, 3.63) is 54.0 Å². The molecule has 1 atom stereocenters. The fourth-order valence-electron chi connectivity index (χ4n) is 3.97. The summed E-state index contributed by atoms with van der Waals surface area (Å²) in [5.74, 6) is 1.41. The number of hydrogen-bond donors (Lipinski definition) is 1. The highest BCUT2D eigenvalue weighted by Crippen LogP contribution is 2.23. The molecule has 168 valence electrons. The minimum absolute atomic E-state index is 0. The Morgan fingerprint density at radius 2 is 2.10 bits per heavy atom. The van der Waals surface area contributed by atoms with Crippen molar-refractivity contribution in [2.24, 2.45) is 4.99 Å². The van der Waals surface area contributed by atoms with Crippen molar-refractivity contribution < 1.29 is 13.9 Å². The van der Waals surface area contributed by atoms with Crippen LogP contribution in [0, 0.1) is 5.82 Å². The molecule has 2 aromatic rings. The molecule has 1 aromatic heterocycles. The standard InChI is InChI=1S/C22H28FN5O2.HI/c1-24-22(28-9-7-19(16-28)27-10-12-29-13-11-27)26-15-17-4-3-8-25-21(17)30-20-6-2-5-18(23)14-20;/h2-6,8,14,19H,7,9-13,15-16H2,1H3,(H,24,26);1H. The lowest BCUT2D eigenvalue weighted by Crippen LogP contribution is -2.46. The summed E-state index contributed by atoms with van der Waals surface area (Å²) in [6.07, 6.45) is 2.79. The van der Waals surface area contributed by atoms with Crippen molar-refractivity contribution in [3.63, 3.8) is 0 Å². The Morgan fingerprint density at radius 3 is 2.87 bits per heavy atom. The van der Waals surface area contributed by atoms with E-state index in [1.807, 2.05) is 12.1 Å². The van der Waals surface area contributed by atoms with Gasteiger partial charge in [-0.1, -0.05) is 12.1 Å². The monoisotopic (exact) mass is 541 g/mol. The van der Waals surface area contributed by atoms with Crippen molar-refractivity contribution in [2.75, 3.05) is 46.4 Å². The molecule has 1 unspecified atom stereocenters. The van der Waals surface area contributed by atoms with Crippen molar-refractivity contribution >= 4 is 29.9 Å². The molecule has 9 heteroatoms. The van der Waals surface area contributed by atoms with Gasteiger partial charge in [-0.15, -0.1) is 24.0 Å². The van der Waals surface area contributed by atoms with E-state index in [0.717, 1.165) is 57.3 Å². The van der Waals surface area contributed by atoms with E-state index < -0.39 is 0 Å². The minimum Gasteiger partial charge on any atom is -0.439 e. The van der Waals surface area contributed by atoms with Gasteiger partial charge in [-0.3, -0.25) is 9.89 Å². The molecule has 3 heterocycles. The van der Waals surface area contributed by atoms with Gasteiger partial charge in [-0.25, -0.2) is 9.37 Å². The van der Waals surface area contributed by atoms with Gasteiger partial charge in [0.15, 0.2) is 5.96 Å². The predicted octanol–water partition coefficient (Wildman–Crippen LogP) is 3.11. The van der Waals surface area contributed by atoms with E-state index in [9.17, 15) is 4.39 Å². The highest BCUT2D eigenvalue weighted by Gasteiger charge is 2.30. The van der Waals surface area contributed by atoms with E-state index >= 15 is 0 Å². The largest absolute Gasteiger partial charge is 0.439 e. The van der Waals surface area contributed by atoms with Crippen LogP contribution in [0.15, 0.2) is 47.6 Å². The molecule has 2 aliphatic rings. The summed E-state index contributed by atoms with van der Waals surface area (Å²) in [7, 11) is 1.80. The van der Waals surface area contributed by atoms with Crippen LogP contribution >= 0.6 is 24.0 Å². The Hall–Kier alpha value is -1.98. The van der Waals surface area contributed by atoms with Gasteiger partial charge in [-0.05, 0) is 24.6 Å². The Kier molecular flexibility index (Phi) is 8.85. The van der Waals surface area contributed by atoms with E-state index in [1.54, 1.807) is 25.4 Å². The highest BCUT2D eigenvalue weighted by atomic mass is 127. The third-order valence-electron chi connectivity index (χ3n) is 5.53. The molecule has 2 aliphatic heterocycles. The van der Waals surface area contributed by atoms with E-state index in [-0.39, 0.29) is 29.8 Å². The Balaban J connectivity index is 0.00000272. The number of guanidine groups is 1. The van der Waals surface area contributed by atoms with E-state index in [1.165, 1.54) is 12.1 Å². The first-order chi connectivity index (χ1) is 14.7.